The second-order valence-corrected chi connectivity index (χ2v) is 6.09. The summed E-state index contributed by atoms with van der Waals surface area (Å²) in [6.07, 6.45) is 0. The Hall–Kier alpha value is -2.83. The fraction of sp³-hybridized carbons (Fsp3) is 0.389. The molecule has 132 valence electrons. The van der Waals surface area contributed by atoms with E-state index in [1.807, 2.05) is 32.0 Å². The molecule has 0 aliphatic carbocycles. The van der Waals surface area contributed by atoms with Crippen LogP contribution in [0, 0.1) is 13.8 Å². The average molecular weight is 340 g/mol. The lowest BCUT2D eigenvalue weighted by molar-refractivity contribution is 0.382. The maximum absolute atomic E-state index is 6.16. The number of rotatable bonds is 3. The van der Waals surface area contributed by atoms with E-state index in [-0.39, 0.29) is 0 Å². The molecule has 0 amide bonds. The summed E-state index contributed by atoms with van der Waals surface area (Å²) in [5.74, 6) is 1.76. The Morgan fingerprint density at radius 3 is 2.20 bits per heavy atom. The lowest BCUT2D eigenvalue weighted by Gasteiger charge is -2.36. The fourth-order valence-electron chi connectivity index (χ4n) is 2.92. The Kier molecular flexibility index (Phi) is 5.02. The van der Waals surface area contributed by atoms with E-state index in [9.17, 15) is 0 Å². The van der Waals surface area contributed by atoms with Gasteiger partial charge in [0.2, 0.25) is 0 Å². The number of benzene rings is 1. The molecule has 2 aromatic rings. The first-order chi connectivity index (χ1) is 12.0. The van der Waals surface area contributed by atoms with Crippen molar-refractivity contribution in [1.82, 2.24) is 14.9 Å². The first-order valence-electron chi connectivity index (χ1n) is 8.35. The number of ether oxygens (including phenoxy) is 1. The third-order valence-corrected chi connectivity index (χ3v) is 4.23. The first-order valence-corrected chi connectivity index (χ1v) is 8.35. The van der Waals surface area contributed by atoms with Crippen molar-refractivity contribution in [1.29, 1.82) is 0 Å². The third kappa shape index (κ3) is 4.17. The summed E-state index contributed by atoms with van der Waals surface area (Å²) >= 11 is 0. The minimum atomic E-state index is 0.424. The van der Waals surface area contributed by atoms with Gasteiger partial charge in [0.1, 0.15) is 5.75 Å². The number of piperazine rings is 1. The lowest BCUT2D eigenvalue weighted by Crippen LogP contribution is -2.51. The molecule has 1 saturated heterocycles. The molecule has 0 atom stereocenters. The molecular formula is C18H24N6O. The SMILES string of the molecule is COc1ccc(N2CCN(C(N)=Nc3nc(C)cc(C)n3)CC2)cc1. The van der Waals surface area contributed by atoms with Crippen LogP contribution in [0.2, 0.25) is 0 Å². The van der Waals surface area contributed by atoms with Gasteiger partial charge in [0.05, 0.1) is 7.11 Å². The van der Waals surface area contributed by atoms with Crippen molar-refractivity contribution in [2.24, 2.45) is 10.7 Å². The highest BCUT2D eigenvalue weighted by atomic mass is 16.5. The van der Waals surface area contributed by atoms with E-state index >= 15 is 0 Å². The molecule has 0 spiro atoms. The van der Waals surface area contributed by atoms with Crippen LogP contribution in [0.4, 0.5) is 11.6 Å². The van der Waals surface area contributed by atoms with Crippen molar-refractivity contribution in [3.8, 4) is 5.75 Å². The van der Waals surface area contributed by atoms with Gasteiger partial charge < -0.3 is 20.3 Å². The van der Waals surface area contributed by atoms with Gasteiger partial charge in [0.25, 0.3) is 5.95 Å². The first kappa shape index (κ1) is 17.0. The van der Waals surface area contributed by atoms with Gasteiger partial charge in [-0.3, -0.25) is 0 Å². The van der Waals surface area contributed by atoms with Crippen LogP contribution in [0.15, 0.2) is 35.3 Å². The van der Waals surface area contributed by atoms with Gasteiger partial charge in [-0.2, -0.15) is 4.99 Å². The Morgan fingerprint density at radius 2 is 1.64 bits per heavy atom. The smallest absolute Gasteiger partial charge is 0.253 e. The van der Waals surface area contributed by atoms with E-state index in [0.717, 1.165) is 43.3 Å². The number of methoxy groups -OCH3 is 1. The van der Waals surface area contributed by atoms with Crippen LogP contribution < -0.4 is 15.4 Å². The normalized spacial score (nSPS) is 15.4. The number of aryl methyl sites for hydroxylation is 2. The number of nitrogens with two attached hydrogens (primary N) is 1. The summed E-state index contributed by atoms with van der Waals surface area (Å²) in [5, 5.41) is 0. The van der Waals surface area contributed by atoms with E-state index < -0.39 is 0 Å². The standard InChI is InChI=1S/C18H24N6O/c1-13-12-14(2)21-18(20-13)22-17(19)24-10-8-23(9-11-24)15-4-6-16(25-3)7-5-15/h4-7,12H,8-11H2,1-3H3,(H2,19,20,21,22). The van der Waals surface area contributed by atoms with Gasteiger partial charge >= 0.3 is 0 Å². The van der Waals surface area contributed by atoms with Crippen LogP contribution in [0.1, 0.15) is 11.4 Å². The Labute approximate surface area is 148 Å². The van der Waals surface area contributed by atoms with E-state index in [2.05, 4.69) is 36.9 Å². The Bertz CT molecular complexity index is 730. The zero-order valence-electron chi connectivity index (χ0n) is 14.9. The molecule has 1 fully saturated rings. The molecule has 1 aromatic carbocycles. The molecule has 0 bridgehead atoms. The lowest BCUT2D eigenvalue weighted by atomic mass is 10.2. The second kappa shape index (κ2) is 7.38. The van der Waals surface area contributed by atoms with Gasteiger partial charge in [0, 0.05) is 43.3 Å². The molecule has 1 aromatic heterocycles. The molecule has 7 heteroatoms. The molecular weight excluding hydrogens is 316 g/mol. The van der Waals surface area contributed by atoms with E-state index in [0.29, 0.717) is 11.9 Å². The van der Waals surface area contributed by atoms with Gasteiger partial charge in [-0.15, -0.1) is 0 Å². The van der Waals surface area contributed by atoms with Crippen molar-refractivity contribution in [2.45, 2.75) is 13.8 Å². The molecule has 7 nitrogen and oxygen atoms in total. The molecule has 1 aliphatic heterocycles. The number of hydrogen-bond acceptors (Lipinski definition) is 5. The topological polar surface area (TPSA) is 79.9 Å². The van der Waals surface area contributed by atoms with Crippen molar-refractivity contribution < 1.29 is 4.74 Å². The van der Waals surface area contributed by atoms with Crippen molar-refractivity contribution in [3.63, 3.8) is 0 Å². The summed E-state index contributed by atoms with van der Waals surface area (Å²) in [5.41, 5.74) is 9.14. The molecule has 0 unspecified atom stereocenters. The molecule has 0 saturated carbocycles. The number of nitrogens with zero attached hydrogens (tertiary/aromatic N) is 5. The number of aromatic nitrogens is 2. The molecule has 2 heterocycles. The second-order valence-electron chi connectivity index (χ2n) is 6.09. The predicted molar refractivity (Wildman–Crippen MR) is 99.6 cm³/mol. The van der Waals surface area contributed by atoms with Crippen molar-refractivity contribution in [3.05, 3.63) is 41.7 Å². The summed E-state index contributed by atoms with van der Waals surface area (Å²) in [6.45, 7) is 7.25. The monoisotopic (exact) mass is 340 g/mol. The minimum absolute atomic E-state index is 0.424. The summed E-state index contributed by atoms with van der Waals surface area (Å²) < 4.78 is 5.21. The van der Waals surface area contributed by atoms with Crippen LogP contribution in [0.5, 0.6) is 5.75 Å². The van der Waals surface area contributed by atoms with Crippen LogP contribution in [-0.4, -0.2) is 54.1 Å². The number of guanidine groups is 1. The number of hydrogen-bond donors (Lipinski definition) is 1. The highest BCUT2D eigenvalue weighted by Crippen LogP contribution is 2.20. The van der Waals surface area contributed by atoms with E-state index in [1.165, 1.54) is 5.69 Å². The number of aliphatic imine (C=N–C) groups is 1. The highest BCUT2D eigenvalue weighted by Gasteiger charge is 2.19. The summed E-state index contributed by atoms with van der Waals surface area (Å²) in [4.78, 5) is 17.4. The average Bonchev–Trinajstić information content (AvgIpc) is 2.61. The van der Waals surface area contributed by atoms with Gasteiger partial charge in [0.15, 0.2) is 5.96 Å². The minimum Gasteiger partial charge on any atom is -0.497 e. The zero-order chi connectivity index (χ0) is 17.8. The predicted octanol–water partition coefficient (Wildman–Crippen LogP) is 1.87. The van der Waals surface area contributed by atoms with Gasteiger partial charge in [-0.05, 0) is 44.2 Å². The zero-order valence-corrected chi connectivity index (χ0v) is 14.9. The third-order valence-electron chi connectivity index (χ3n) is 4.23. The molecule has 25 heavy (non-hydrogen) atoms. The molecule has 0 radical (unpaired) electrons. The van der Waals surface area contributed by atoms with Crippen LogP contribution in [-0.2, 0) is 0 Å². The van der Waals surface area contributed by atoms with E-state index in [4.69, 9.17) is 10.5 Å². The quantitative estimate of drug-likeness (QED) is 0.679. The van der Waals surface area contributed by atoms with Gasteiger partial charge in [-0.25, -0.2) is 9.97 Å². The van der Waals surface area contributed by atoms with Crippen molar-refractivity contribution in [2.75, 3.05) is 38.2 Å². The maximum atomic E-state index is 6.16. The molecule has 3 rings (SSSR count). The van der Waals surface area contributed by atoms with Crippen molar-refractivity contribution >= 4 is 17.6 Å². The van der Waals surface area contributed by atoms with E-state index in [1.54, 1.807) is 7.11 Å². The number of anilines is 1. The Morgan fingerprint density at radius 1 is 1.04 bits per heavy atom. The largest absolute Gasteiger partial charge is 0.497 e. The molecule has 1 aliphatic rings. The Balaban J connectivity index is 1.63. The van der Waals surface area contributed by atoms with Crippen LogP contribution in [0.3, 0.4) is 0 Å². The van der Waals surface area contributed by atoms with Crippen LogP contribution >= 0.6 is 0 Å². The van der Waals surface area contributed by atoms with Crippen LogP contribution in [0.25, 0.3) is 0 Å². The molecule has 2 N–H and O–H groups in total. The highest BCUT2D eigenvalue weighted by molar-refractivity contribution is 5.80. The van der Waals surface area contributed by atoms with Gasteiger partial charge in [-0.1, -0.05) is 0 Å². The summed E-state index contributed by atoms with van der Waals surface area (Å²) in [7, 11) is 1.68. The maximum Gasteiger partial charge on any atom is 0.253 e. The summed E-state index contributed by atoms with van der Waals surface area (Å²) in [6, 6.07) is 10.0. The fourth-order valence-corrected chi connectivity index (χ4v) is 2.92.